The van der Waals surface area contributed by atoms with Gasteiger partial charge in [0.15, 0.2) is 0 Å². The fourth-order valence-corrected chi connectivity index (χ4v) is 2.38. The Morgan fingerprint density at radius 3 is 2.73 bits per heavy atom. The monoisotopic (exact) mass is 428 g/mol. The van der Waals surface area contributed by atoms with Crippen LogP contribution in [0.2, 0.25) is 0 Å². The Kier molecular flexibility index (Phi) is 11.7. The molecule has 1 heterocycles. The van der Waals surface area contributed by atoms with Gasteiger partial charge < -0.3 is 29.1 Å². The summed E-state index contributed by atoms with van der Waals surface area (Å²) in [7, 11) is 0. The molecule has 6 nitrogen and oxygen atoms in total. The number of pyridine rings is 1. The molecule has 3 N–H and O–H groups in total. The van der Waals surface area contributed by atoms with Crippen LogP contribution in [0.15, 0.2) is 65.7 Å². The molecule has 1 aromatic carbocycles. The number of allylic oxidation sites excluding steroid dienone is 1. The molecule has 152 valence electrons. The third-order valence-electron chi connectivity index (χ3n) is 3.87. The average Bonchev–Trinajstić information content (AvgIpc) is 2.69. The molecule has 0 radical (unpaired) electrons. The van der Waals surface area contributed by atoms with Crippen LogP contribution in [0.5, 0.6) is 0 Å². The molecule has 0 fully saturated rings. The largest absolute Gasteiger partial charge is 1.00 e. The standard InChI is InChI=1S/C23H27N5O.K/c1-16(2)13-27-19(5)26-10-9-25-18(4)20-7-6-8-22(12-20)28-23(29)21-11-17(3)14-24-15-21;/h6-8,10-15,18,25H,5H2,1-4H3,(H,26,27)(H,28,29);/q-2;+1. The maximum Gasteiger partial charge on any atom is 1.00 e. The van der Waals surface area contributed by atoms with Crippen LogP contribution in [0.3, 0.4) is 0 Å². The van der Waals surface area contributed by atoms with Gasteiger partial charge >= 0.3 is 51.4 Å². The SMILES string of the molecule is [CH2-]C(=NC=C(C)C)NC=[C-]NC(C)c1cccc(NC(=O)c2cncc(C)c2)c1.[K+]. The van der Waals surface area contributed by atoms with Gasteiger partial charge in [-0.25, -0.2) is 0 Å². The summed E-state index contributed by atoms with van der Waals surface area (Å²) in [6.07, 6.45) is 9.61. The molecule has 0 saturated carbocycles. The van der Waals surface area contributed by atoms with Crippen molar-refractivity contribution in [2.75, 3.05) is 5.32 Å². The van der Waals surface area contributed by atoms with E-state index in [-0.39, 0.29) is 63.3 Å². The molecular formula is C23H27KN5O-. The number of nitrogens with one attached hydrogen (secondary N) is 3. The average molecular weight is 429 g/mol. The van der Waals surface area contributed by atoms with Gasteiger partial charge in [-0.05, 0) is 62.9 Å². The second-order valence-electron chi connectivity index (χ2n) is 6.91. The first-order chi connectivity index (χ1) is 13.8. The van der Waals surface area contributed by atoms with Gasteiger partial charge in [0.05, 0.1) is 5.56 Å². The molecule has 0 aliphatic rings. The van der Waals surface area contributed by atoms with Crippen LogP contribution in [-0.2, 0) is 0 Å². The molecule has 30 heavy (non-hydrogen) atoms. The maximum atomic E-state index is 12.4. The Balaban J connectivity index is 0.00000450. The third kappa shape index (κ3) is 9.27. The van der Waals surface area contributed by atoms with E-state index in [1.165, 1.54) is 0 Å². The van der Waals surface area contributed by atoms with Crippen molar-refractivity contribution in [2.24, 2.45) is 4.99 Å². The zero-order valence-electron chi connectivity index (χ0n) is 18.3. The predicted octanol–water partition coefficient (Wildman–Crippen LogP) is 1.32. The first-order valence-corrected chi connectivity index (χ1v) is 9.30. The molecule has 0 aliphatic carbocycles. The second kappa shape index (κ2) is 13.4. The van der Waals surface area contributed by atoms with Crippen molar-refractivity contribution in [1.82, 2.24) is 15.6 Å². The van der Waals surface area contributed by atoms with E-state index in [1.807, 2.05) is 52.0 Å². The fraction of sp³-hybridized carbons (Fsp3) is 0.217. The number of rotatable bonds is 7. The summed E-state index contributed by atoms with van der Waals surface area (Å²) in [5.41, 5.74) is 4.30. The van der Waals surface area contributed by atoms with Gasteiger partial charge in [-0.3, -0.25) is 14.8 Å². The first-order valence-electron chi connectivity index (χ1n) is 9.30. The Morgan fingerprint density at radius 1 is 1.27 bits per heavy atom. The number of aliphatic imine (C=N–C) groups is 1. The minimum absolute atomic E-state index is 0. The minimum atomic E-state index is -0.187. The number of benzene rings is 1. The van der Waals surface area contributed by atoms with Crippen molar-refractivity contribution in [3.05, 3.63) is 90.5 Å². The van der Waals surface area contributed by atoms with E-state index in [4.69, 9.17) is 0 Å². The van der Waals surface area contributed by atoms with Crippen molar-refractivity contribution < 1.29 is 56.2 Å². The van der Waals surface area contributed by atoms with Gasteiger partial charge in [0.25, 0.3) is 5.91 Å². The number of carbonyl (C=O) groups excluding carboxylic acids is 1. The summed E-state index contributed by atoms with van der Waals surface area (Å²) in [5.74, 6) is 0.344. The summed E-state index contributed by atoms with van der Waals surface area (Å²) < 4.78 is 0. The van der Waals surface area contributed by atoms with E-state index in [0.29, 0.717) is 11.4 Å². The summed E-state index contributed by atoms with van der Waals surface area (Å²) in [5, 5.41) is 9.00. The molecule has 1 atom stereocenters. The zero-order chi connectivity index (χ0) is 21.2. The number of hydrogen-bond donors (Lipinski definition) is 3. The number of hydrogen-bond acceptors (Lipinski definition) is 4. The van der Waals surface area contributed by atoms with Crippen LogP contribution >= 0.6 is 0 Å². The van der Waals surface area contributed by atoms with Crippen molar-refractivity contribution in [2.45, 2.75) is 33.7 Å². The van der Waals surface area contributed by atoms with Crippen molar-refractivity contribution in [3.8, 4) is 0 Å². The van der Waals surface area contributed by atoms with E-state index < -0.39 is 0 Å². The topological polar surface area (TPSA) is 78.4 Å². The van der Waals surface area contributed by atoms with Crippen LogP contribution in [0.1, 0.15) is 48.3 Å². The number of amides is 1. The second-order valence-corrected chi connectivity index (χ2v) is 6.91. The molecule has 7 heteroatoms. The predicted molar refractivity (Wildman–Crippen MR) is 118 cm³/mol. The molecule has 1 aromatic heterocycles. The van der Waals surface area contributed by atoms with Gasteiger partial charge in [0.2, 0.25) is 0 Å². The maximum absolute atomic E-state index is 12.4. The van der Waals surface area contributed by atoms with E-state index in [0.717, 1.165) is 22.4 Å². The van der Waals surface area contributed by atoms with Gasteiger partial charge in [0, 0.05) is 30.3 Å². The van der Waals surface area contributed by atoms with Crippen LogP contribution in [0, 0.1) is 20.0 Å². The number of nitrogens with zero attached hydrogens (tertiary/aromatic N) is 2. The van der Waals surface area contributed by atoms with Crippen LogP contribution < -0.4 is 67.3 Å². The summed E-state index contributed by atoms with van der Waals surface area (Å²) in [6.45, 7) is 11.7. The number of amidine groups is 1. The van der Waals surface area contributed by atoms with Crippen LogP contribution in [0.25, 0.3) is 0 Å². The van der Waals surface area contributed by atoms with Crippen LogP contribution in [0.4, 0.5) is 5.69 Å². The Labute approximate surface area is 221 Å². The third-order valence-corrected chi connectivity index (χ3v) is 3.87. The van der Waals surface area contributed by atoms with E-state index >= 15 is 0 Å². The Morgan fingerprint density at radius 2 is 2.03 bits per heavy atom. The van der Waals surface area contributed by atoms with Crippen molar-refractivity contribution >= 4 is 17.4 Å². The molecule has 0 aliphatic heterocycles. The smallest absolute Gasteiger partial charge is 0.560 e. The van der Waals surface area contributed by atoms with E-state index in [1.54, 1.807) is 30.9 Å². The van der Waals surface area contributed by atoms with E-state index in [9.17, 15) is 4.79 Å². The molecule has 0 spiro atoms. The quantitative estimate of drug-likeness (QED) is 0.204. The van der Waals surface area contributed by atoms with Crippen LogP contribution in [-0.4, -0.2) is 16.7 Å². The van der Waals surface area contributed by atoms with Crippen molar-refractivity contribution in [3.63, 3.8) is 0 Å². The molecule has 0 saturated heterocycles. The van der Waals surface area contributed by atoms with Gasteiger partial charge in [0.1, 0.15) is 0 Å². The van der Waals surface area contributed by atoms with Gasteiger partial charge in [-0.1, -0.05) is 17.7 Å². The number of aryl methyl sites for hydroxylation is 1. The molecule has 1 amide bonds. The molecule has 2 rings (SSSR count). The van der Waals surface area contributed by atoms with E-state index in [2.05, 4.69) is 39.1 Å². The molecule has 2 aromatic rings. The summed E-state index contributed by atoms with van der Waals surface area (Å²) >= 11 is 0. The van der Waals surface area contributed by atoms with Crippen molar-refractivity contribution in [1.29, 1.82) is 0 Å². The zero-order valence-corrected chi connectivity index (χ0v) is 21.4. The first kappa shape index (κ1) is 26.1. The Hall–Kier alpha value is -1.90. The number of carbonyl (C=O) groups is 1. The van der Waals surface area contributed by atoms with Gasteiger partial charge in [-0.2, -0.15) is 6.20 Å². The molecular weight excluding hydrogens is 401 g/mol. The molecule has 0 bridgehead atoms. The summed E-state index contributed by atoms with van der Waals surface area (Å²) in [4.78, 5) is 20.6. The Bertz CT molecular complexity index is 933. The molecule has 1 unspecified atom stereocenters. The normalized spacial score (nSPS) is 11.9. The number of aromatic nitrogens is 1. The minimum Gasteiger partial charge on any atom is -0.560 e. The van der Waals surface area contributed by atoms with Gasteiger partial charge in [-0.15, -0.1) is 0 Å². The number of anilines is 1. The summed E-state index contributed by atoms with van der Waals surface area (Å²) in [6, 6.07) is 9.47. The fourth-order valence-electron chi connectivity index (χ4n) is 2.38.